The Morgan fingerprint density at radius 3 is 2.52 bits per heavy atom. The molecule has 0 fully saturated rings. The first kappa shape index (κ1) is 19.9. The summed E-state index contributed by atoms with van der Waals surface area (Å²) in [6, 6.07) is 20.4. The lowest BCUT2D eigenvalue weighted by molar-refractivity contribution is 0.102. The van der Waals surface area contributed by atoms with Crippen molar-refractivity contribution in [2.75, 3.05) is 5.32 Å². The van der Waals surface area contributed by atoms with E-state index in [1.807, 2.05) is 49.4 Å². The molecule has 3 aromatic carbocycles. The summed E-state index contributed by atoms with van der Waals surface area (Å²) in [6.45, 7) is 1.98. The van der Waals surface area contributed by atoms with Gasteiger partial charge in [0.05, 0.1) is 27.5 Å². The molecule has 1 heterocycles. The minimum atomic E-state index is -0.281. The van der Waals surface area contributed by atoms with Crippen molar-refractivity contribution >= 4 is 61.6 Å². The van der Waals surface area contributed by atoms with E-state index in [1.54, 1.807) is 24.3 Å². The number of hydrogen-bond acceptors (Lipinski definition) is 2. The Hall–Kier alpha value is -2.40. The van der Waals surface area contributed by atoms with Gasteiger partial charge in [-0.25, -0.2) is 4.98 Å². The van der Waals surface area contributed by atoms with Crippen LogP contribution in [0.1, 0.15) is 15.9 Å². The molecule has 4 rings (SSSR count). The maximum Gasteiger partial charge on any atom is 0.256 e. The monoisotopic (exact) mass is 484 g/mol. The van der Waals surface area contributed by atoms with Crippen LogP contribution in [0.2, 0.25) is 10.0 Å². The van der Waals surface area contributed by atoms with Gasteiger partial charge in [-0.15, -0.1) is 0 Å². The van der Waals surface area contributed by atoms with E-state index < -0.39 is 0 Å². The summed E-state index contributed by atoms with van der Waals surface area (Å²) in [5, 5.41) is 4.55. The van der Waals surface area contributed by atoms with Gasteiger partial charge >= 0.3 is 0 Å². The first-order valence-corrected chi connectivity index (χ1v) is 10.4. The number of amides is 1. The Morgan fingerprint density at radius 2 is 1.76 bits per heavy atom. The minimum Gasteiger partial charge on any atom is -0.321 e. The van der Waals surface area contributed by atoms with E-state index in [1.165, 1.54) is 0 Å². The molecule has 1 amide bonds. The van der Waals surface area contributed by atoms with E-state index in [9.17, 15) is 4.79 Å². The number of pyridine rings is 1. The number of nitrogens with one attached hydrogen (secondary N) is 1. The summed E-state index contributed by atoms with van der Waals surface area (Å²) in [7, 11) is 0. The van der Waals surface area contributed by atoms with Crippen LogP contribution >= 0.6 is 39.1 Å². The van der Waals surface area contributed by atoms with Gasteiger partial charge in [-0.05, 0) is 48.9 Å². The lowest BCUT2D eigenvalue weighted by Crippen LogP contribution is -2.13. The number of halogens is 3. The first-order chi connectivity index (χ1) is 13.9. The molecular weight excluding hydrogens is 471 g/mol. The molecule has 144 valence electrons. The van der Waals surface area contributed by atoms with Crippen molar-refractivity contribution in [3.8, 4) is 11.3 Å². The Balaban J connectivity index is 1.89. The summed E-state index contributed by atoms with van der Waals surface area (Å²) >= 11 is 15.8. The van der Waals surface area contributed by atoms with Crippen molar-refractivity contribution in [3.63, 3.8) is 0 Å². The van der Waals surface area contributed by atoms with E-state index >= 15 is 0 Å². The Bertz CT molecular complexity index is 1240. The highest BCUT2D eigenvalue weighted by atomic mass is 79.9. The topological polar surface area (TPSA) is 42.0 Å². The van der Waals surface area contributed by atoms with Gasteiger partial charge in [-0.2, -0.15) is 0 Å². The summed E-state index contributed by atoms with van der Waals surface area (Å²) in [5.41, 5.74) is 4.38. The number of aromatic nitrogens is 1. The fraction of sp³-hybridized carbons (Fsp3) is 0.0435. The normalized spacial score (nSPS) is 10.9. The zero-order chi connectivity index (χ0) is 20.5. The van der Waals surface area contributed by atoms with Crippen LogP contribution in [0.15, 0.2) is 71.2 Å². The Kier molecular flexibility index (Phi) is 5.59. The molecule has 6 heteroatoms. The smallest absolute Gasteiger partial charge is 0.256 e. The van der Waals surface area contributed by atoms with Crippen LogP contribution < -0.4 is 5.32 Å². The second kappa shape index (κ2) is 8.15. The third-order valence-corrected chi connectivity index (χ3v) is 5.58. The number of fused-ring (bicyclic) bond motifs is 1. The molecule has 0 bridgehead atoms. The van der Waals surface area contributed by atoms with Gasteiger partial charge in [0.15, 0.2) is 0 Å². The molecule has 0 atom stereocenters. The van der Waals surface area contributed by atoms with Crippen molar-refractivity contribution in [2.24, 2.45) is 0 Å². The molecule has 0 spiro atoms. The first-order valence-electron chi connectivity index (χ1n) is 8.85. The largest absolute Gasteiger partial charge is 0.321 e. The number of benzene rings is 3. The van der Waals surface area contributed by atoms with Crippen molar-refractivity contribution in [2.45, 2.75) is 6.92 Å². The molecule has 0 saturated carbocycles. The van der Waals surface area contributed by atoms with Crippen LogP contribution in [0.25, 0.3) is 22.2 Å². The van der Waals surface area contributed by atoms with Crippen molar-refractivity contribution < 1.29 is 4.79 Å². The number of carbonyl (C=O) groups is 1. The van der Waals surface area contributed by atoms with E-state index in [2.05, 4.69) is 21.2 Å². The van der Waals surface area contributed by atoms with Crippen LogP contribution in [-0.4, -0.2) is 10.9 Å². The fourth-order valence-corrected chi connectivity index (χ4v) is 4.09. The van der Waals surface area contributed by atoms with Gasteiger partial charge in [-0.1, -0.05) is 69.5 Å². The number of rotatable bonds is 3. The van der Waals surface area contributed by atoms with E-state index in [0.29, 0.717) is 21.3 Å². The van der Waals surface area contributed by atoms with E-state index in [4.69, 9.17) is 28.2 Å². The van der Waals surface area contributed by atoms with Crippen LogP contribution in [0, 0.1) is 6.92 Å². The van der Waals surface area contributed by atoms with Gasteiger partial charge in [0.2, 0.25) is 0 Å². The zero-order valence-electron chi connectivity index (χ0n) is 15.3. The second-order valence-electron chi connectivity index (χ2n) is 6.62. The van der Waals surface area contributed by atoms with Crippen molar-refractivity contribution in [3.05, 3.63) is 92.4 Å². The zero-order valence-corrected chi connectivity index (χ0v) is 18.4. The molecule has 1 N–H and O–H groups in total. The average Bonchev–Trinajstić information content (AvgIpc) is 2.70. The van der Waals surface area contributed by atoms with E-state index in [0.717, 1.165) is 32.2 Å². The van der Waals surface area contributed by atoms with Crippen LogP contribution in [-0.2, 0) is 0 Å². The molecule has 0 aliphatic carbocycles. The molecule has 0 radical (unpaired) electrons. The van der Waals surface area contributed by atoms with Gasteiger partial charge in [-0.3, -0.25) is 4.79 Å². The predicted molar refractivity (Wildman–Crippen MR) is 124 cm³/mol. The maximum absolute atomic E-state index is 13.2. The Morgan fingerprint density at radius 1 is 1.00 bits per heavy atom. The Labute approximate surface area is 186 Å². The molecule has 0 saturated heterocycles. The number of hydrogen-bond donors (Lipinski definition) is 1. The van der Waals surface area contributed by atoms with Crippen molar-refractivity contribution in [1.29, 1.82) is 0 Å². The fourth-order valence-electron chi connectivity index (χ4n) is 3.18. The van der Waals surface area contributed by atoms with Crippen LogP contribution in [0.4, 0.5) is 5.69 Å². The number of anilines is 1. The highest BCUT2D eigenvalue weighted by molar-refractivity contribution is 9.10. The van der Waals surface area contributed by atoms with Gasteiger partial charge < -0.3 is 5.32 Å². The molecule has 4 aromatic rings. The highest BCUT2D eigenvalue weighted by Crippen LogP contribution is 2.31. The highest BCUT2D eigenvalue weighted by Gasteiger charge is 2.17. The van der Waals surface area contributed by atoms with Gasteiger partial charge in [0, 0.05) is 20.4 Å². The number of carbonyl (C=O) groups excluding carboxylic acids is 1. The van der Waals surface area contributed by atoms with Crippen molar-refractivity contribution in [1.82, 2.24) is 4.98 Å². The quantitative estimate of drug-likeness (QED) is 0.325. The lowest BCUT2D eigenvalue weighted by atomic mass is 10.0. The summed E-state index contributed by atoms with van der Waals surface area (Å²) in [5.74, 6) is -0.281. The molecular formula is C23H15BrCl2N2O. The summed E-state index contributed by atoms with van der Waals surface area (Å²) in [6.07, 6.45) is 0. The molecule has 0 aliphatic rings. The van der Waals surface area contributed by atoms with Gasteiger partial charge in [0.25, 0.3) is 5.91 Å². The maximum atomic E-state index is 13.2. The molecule has 3 nitrogen and oxygen atoms in total. The van der Waals surface area contributed by atoms with Crippen LogP contribution in [0.3, 0.4) is 0 Å². The van der Waals surface area contributed by atoms with Gasteiger partial charge in [0.1, 0.15) is 0 Å². The molecule has 0 aliphatic heterocycles. The standard InChI is InChI=1S/C23H15BrCl2N2O/c1-13-9-15(24)10-17-18(23(29)28-21-11-16(25)7-8-19(21)26)12-20(27-22(13)17)14-5-3-2-4-6-14/h2-12H,1H3,(H,28,29). The molecule has 29 heavy (non-hydrogen) atoms. The molecule has 1 aromatic heterocycles. The summed E-state index contributed by atoms with van der Waals surface area (Å²) in [4.78, 5) is 18.1. The third kappa shape index (κ3) is 4.15. The second-order valence-corrected chi connectivity index (χ2v) is 8.38. The predicted octanol–water partition coefficient (Wildman–Crippen LogP) is 7.53. The molecule has 0 unspecified atom stereocenters. The SMILES string of the molecule is Cc1cc(Br)cc2c(C(=O)Nc3cc(Cl)ccc3Cl)cc(-c3ccccc3)nc12. The lowest BCUT2D eigenvalue weighted by Gasteiger charge is -2.13. The summed E-state index contributed by atoms with van der Waals surface area (Å²) < 4.78 is 0.881. The van der Waals surface area contributed by atoms with Crippen LogP contribution in [0.5, 0.6) is 0 Å². The average molecular weight is 486 g/mol. The van der Waals surface area contributed by atoms with E-state index in [-0.39, 0.29) is 5.91 Å². The number of nitrogens with zero attached hydrogens (tertiary/aromatic N) is 1. The third-order valence-electron chi connectivity index (χ3n) is 4.56. The minimum absolute atomic E-state index is 0.281. The number of aryl methyl sites for hydroxylation is 1.